The molecule has 0 aliphatic carbocycles. The van der Waals surface area contributed by atoms with E-state index in [-0.39, 0.29) is 12.0 Å². The standard InChI is InChI=1S/C14H16N2O2/c15-9-11-4-6-12(7-5-11)14(17)16-10-13-3-1-2-8-18-13/h4-7,13H,1-3,8,10H2,(H,16,17). The minimum Gasteiger partial charge on any atom is -0.376 e. The van der Waals surface area contributed by atoms with Crippen LogP contribution < -0.4 is 5.32 Å². The van der Waals surface area contributed by atoms with Crippen LogP contribution in [0.25, 0.3) is 0 Å². The third-order valence-electron chi connectivity index (χ3n) is 3.04. The molecule has 4 nitrogen and oxygen atoms in total. The fourth-order valence-electron chi connectivity index (χ4n) is 1.97. The number of nitrogens with one attached hydrogen (secondary N) is 1. The Morgan fingerprint density at radius 3 is 2.78 bits per heavy atom. The van der Waals surface area contributed by atoms with Gasteiger partial charge in [0, 0.05) is 18.7 Å². The first-order chi connectivity index (χ1) is 8.79. The Bertz CT molecular complexity index is 442. The lowest BCUT2D eigenvalue weighted by Gasteiger charge is -2.22. The number of amides is 1. The van der Waals surface area contributed by atoms with Crippen molar-refractivity contribution in [3.8, 4) is 6.07 Å². The van der Waals surface area contributed by atoms with E-state index < -0.39 is 0 Å². The maximum absolute atomic E-state index is 11.8. The maximum atomic E-state index is 11.8. The highest BCUT2D eigenvalue weighted by Crippen LogP contribution is 2.12. The maximum Gasteiger partial charge on any atom is 0.251 e. The molecular formula is C14H16N2O2. The van der Waals surface area contributed by atoms with E-state index in [1.54, 1.807) is 24.3 Å². The number of hydrogen-bond acceptors (Lipinski definition) is 3. The second-order valence-electron chi connectivity index (χ2n) is 4.39. The Labute approximate surface area is 107 Å². The van der Waals surface area contributed by atoms with Crippen LogP contribution in [0, 0.1) is 11.3 Å². The number of benzene rings is 1. The smallest absolute Gasteiger partial charge is 0.251 e. The second-order valence-corrected chi connectivity index (χ2v) is 4.39. The molecule has 1 atom stereocenters. The van der Waals surface area contributed by atoms with Gasteiger partial charge in [0.2, 0.25) is 0 Å². The zero-order chi connectivity index (χ0) is 12.8. The summed E-state index contributed by atoms with van der Waals surface area (Å²) < 4.78 is 5.54. The van der Waals surface area contributed by atoms with Gasteiger partial charge in [0.05, 0.1) is 17.7 Å². The average Bonchev–Trinajstić information content (AvgIpc) is 2.46. The Hall–Kier alpha value is -1.86. The average molecular weight is 244 g/mol. The van der Waals surface area contributed by atoms with Gasteiger partial charge in [0.25, 0.3) is 5.91 Å². The largest absolute Gasteiger partial charge is 0.376 e. The van der Waals surface area contributed by atoms with Gasteiger partial charge in [-0.25, -0.2) is 0 Å². The molecule has 1 fully saturated rings. The van der Waals surface area contributed by atoms with E-state index in [2.05, 4.69) is 5.32 Å². The summed E-state index contributed by atoms with van der Waals surface area (Å²) in [7, 11) is 0. The summed E-state index contributed by atoms with van der Waals surface area (Å²) in [6.45, 7) is 1.34. The Morgan fingerprint density at radius 1 is 1.39 bits per heavy atom. The van der Waals surface area contributed by atoms with Gasteiger partial charge in [-0.1, -0.05) is 0 Å². The minimum absolute atomic E-state index is 0.117. The normalized spacial score (nSPS) is 18.9. The molecule has 1 aromatic rings. The molecule has 1 amide bonds. The minimum atomic E-state index is -0.117. The molecule has 18 heavy (non-hydrogen) atoms. The number of nitrogens with zero attached hydrogens (tertiary/aromatic N) is 1. The Balaban J connectivity index is 1.85. The zero-order valence-electron chi connectivity index (χ0n) is 10.2. The topological polar surface area (TPSA) is 62.1 Å². The quantitative estimate of drug-likeness (QED) is 0.882. The summed E-state index contributed by atoms with van der Waals surface area (Å²) in [6.07, 6.45) is 3.42. The Morgan fingerprint density at radius 2 is 2.17 bits per heavy atom. The number of carbonyl (C=O) groups is 1. The molecule has 0 bridgehead atoms. The van der Waals surface area contributed by atoms with Crippen molar-refractivity contribution in [3.05, 3.63) is 35.4 Å². The molecule has 1 aliphatic rings. The van der Waals surface area contributed by atoms with Gasteiger partial charge < -0.3 is 10.1 Å². The van der Waals surface area contributed by atoms with E-state index in [0.29, 0.717) is 17.7 Å². The van der Waals surface area contributed by atoms with Crippen LogP contribution in [0.1, 0.15) is 35.2 Å². The third kappa shape index (κ3) is 3.31. The molecule has 1 unspecified atom stereocenters. The van der Waals surface area contributed by atoms with Crippen LogP contribution in [0.3, 0.4) is 0 Å². The highest BCUT2D eigenvalue weighted by atomic mass is 16.5. The van der Waals surface area contributed by atoms with Crippen molar-refractivity contribution in [1.29, 1.82) is 5.26 Å². The summed E-state index contributed by atoms with van der Waals surface area (Å²) in [4.78, 5) is 11.8. The number of nitriles is 1. The number of carbonyl (C=O) groups excluding carboxylic acids is 1. The first-order valence-corrected chi connectivity index (χ1v) is 6.19. The summed E-state index contributed by atoms with van der Waals surface area (Å²) in [5, 5.41) is 11.5. The number of ether oxygens (including phenoxy) is 1. The summed E-state index contributed by atoms with van der Waals surface area (Å²) in [6, 6.07) is 8.64. The molecule has 0 radical (unpaired) electrons. The van der Waals surface area contributed by atoms with Crippen molar-refractivity contribution in [1.82, 2.24) is 5.32 Å². The van der Waals surface area contributed by atoms with Crippen LogP contribution in [0.2, 0.25) is 0 Å². The van der Waals surface area contributed by atoms with E-state index in [0.717, 1.165) is 25.9 Å². The van der Waals surface area contributed by atoms with Crippen molar-refractivity contribution < 1.29 is 9.53 Å². The molecule has 1 aromatic carbocycles. The fraction of sp³-hybridized carbons (Fsp3) is 0.429. The van der Waals surface area contributed by atoms with Crippen LogP contribution in [-0.2, 0) is 4.74 Å². The van der Waals surface area contributed by atoms with Crippen LogP contribution in [0.4, 0.5) is 0 Å². The van der Waals surface area contributed by atoms with Gasteiger partial charge in [-0.15, -0.1) is 0 Å². The van der Waals surface area contributed by atoms with Gasteiger partial charge in [0.1, 0.15) is 0 Å². The van der Waals surface area contributed by atoms with Crippen molar-refractivity contribution in [3.63, 3.8) is 0 Å². The molecule has 1 N–H and O–H groups in total. The van der Waals surface area contributed by atoms with Gasteiger partial charge in [-0.05, 0) is 43.5 Å². The number of hydrogen-bond donors (Lipinski definition) is 1. The van der Waals surface area contributed by atoms with E-state index in [4.69, 9.17) is 10.00 Å². The van der Waals surface area contributed by atoms with Gasteiger partial charge in [0.15, 0.2) is 0 Å². The molecule has 1 heterocycles. The summed E-state index contributed by atoms with van der Waals surface area (Å²) >= 11 is 0. The van der Waals surface area contributed by atoms with Crippen molar-refractivity contribution in [2.24, 2.45) is 0 Å². The van der Waals surface area contributed by atoms with E-state index >= 15 is 0 Å². The highest BCUT2D eigenvalue weighted by molar-refractivity contribution is 5.94. The first kappa shape index (κ1) is 12.6. The molecule has 1 saturated heterocycles. The molecule has 0 spiro atoms. The fourth-order valence-corrected chi connectivity index (χ4v) is 1.97. The lowest BCUT2D eigenvalue weighted by molar-refractivity contribution is 0.0169. The SMILES string of the molecule is N#Cc1ccc(C(=O)NCC2CCCCO2)cc1. The first-order valence-electron chi connectivity index (χ1n) is 6.19. The van der Waals surface area contributed by atoms with Crippen molar-refractivity contribution >= 4 is 5.91 Å². The van der Waals surface area contributed by atoms with Crippen LogP contribution in [0.15, 0.2) is 24.3 Å². The molecule has 94 valence electrons. The zero-order valence-corrected chi connectivity index (χ0v) is 10.2. The monoisotopic (exact) mass is 244 g/mol. The molecular weight excluding hydrogens is 228 g/mol. The lowest BCUT2D eigenvalue weighted by Crippen LogP contribution is -2.35. The van der Waals surface area contributed by atoms with E-state index in [1.807, 2.05) is 6.07 Å². The predicted octanol–water partition coefficient (Wildman–Crippen LogP) is 1.86. The number of rotatable bonds is 3. The van der Waals surface area contributed by atoms with Gasteiger partial charge in [-0.3, -0.25) is 4.79 Å². The summed E-state index contributed by atoms with van der Waals surface area (Å²) in [5.74, 6) is -0.117. The lowest BCUT2D eigenvalue weighted by atomic mass is 10.1. The third-order valence-corrected chi connectivity index (χ3v) is 3.04. The van der Waals surface area contributed by atoms with Crippen LogP contribution in [-0.4, -0.2) is 25.2 Å². The predicted molar refractivity (Wildman–Crippen MR) is 67.1 cm³/mol. The summed E-state index contributed by atoms with van der Waals surface area (Å²) in [5.41, 5.74) is 1.13. The van der Waals surface area contributed by atoms with Gasteiger partial charge in [-0.2, -0.15) is 5.26 Å². The van der Waals surface area contributed by atoms with Crippen LogP contribution >= 0.6 is 0 Å². The molecule has 2 rings (SSSR count). The Kier molecular flexibility index (Phi) is 4.32. The van der Waals surface area contributed by atoms with Gasteiger partial charge >= 0.3 is 0 Å². The molecule has 0 saturated carbocycles. The molecule has 4 heteroatoms. The second kappa shape index (κ2) is 6.18. The van der Waals surface area contributed by atoms with Crippen molar-refractivity contribution in [2.75, 3.05) is 13.2 Å². The van der Waals surface area contributed by atoms with E-state index in [9.17, 15) is 4.79 Å². The molecule has 1 aliphatic heterocycles. The van der Waals surface area contributed by atoms with E-state index in [1.165, 1.54) is 0 Å². The molecule has 0 aromatic heterocycles. The van der Waals surface area contributed by atoms with Crippen LogP contribution in [0.5, 0.6) is 0 Å². The van der Waals surface area contributed by atoms with Crippen molar-refractivity contribution in [2.45, 2.75) is 25.4 Å². The highest BCUT2D eigenvalue weighted by Gasteiger charge is 2.15.